The van der Waals surface area contributed by atoms with Gasteiger partial charge in [0, 0.05) is 6.54 Å². The standard InChI is InChI=1S/C12H22N2O5/c1-7(2)10(11(16)17)13-12(18)14-4-8(3)19-9(5-14)6-15/h7-10,15H,4-6H2,1-3H3,(H,13,18)(H,16,17). The number of amides is 2. The van der Waals surface area contributed by atoms with Crippen LogP contribution in [0.4, 0.5) is 4.79 Å². The summed E-state index contributed by atoms with van der Waals surface area (Å²) >= 11 is 0. The largest absolute Gasteiger partial charge is 0.480 e. The predicted molar refractivity (Wildman–Crippen MR) is 67.8 cm³/mol. The average molecular weight is 274 g/mol. The molecule has 110 valence electrons. The summed E-state index contributed by atoms with van der Waals surface area (Å²) in [7, 11) is 0. The molecular formula is C12H22N2O5. The molecule has 1 aliphatic heterocycles. The Morgan fingerprint density at radius 1 is 1.42 bits per heavy atom. The molecule has 1 saturated heterocycles. The van der Waals surface area contributed by atoms with E-state index >= 15 is 0 Å². The number of rotatable bonds is 4. The Balaban J connectivity index is 2.63. The second kappa shape index (κ2) is 6.72. The molecule has 2 amide bonds. The van der Waals surface area contributed by atoms with E-state index in [-0.39, 0.29) is 25.2 Å². The summed E-state index contributed by atoms with van der Waals surface area (Å²) in [5.41, 5.74) is 0. The molecule has 0 aromatic heterocycles. The molecule has 7 heteroatoms. The zero-order valence-electron chi connectivity index (χ0n) is 11.5. The summed E-state index contributed by atoms with van der Waals surface area (Å²) in [4.78, 5) is 24.6. The summed E-state index contributed by atoms with van der Waals surface area (Å²) in [6.07, 6.45) is -0.601. The van der Waals surface area contributed by atoms with Gasteiger partial charge in [0.25, 0.3) is 0 Å². The van der Waals surface area contributed by atoms with Crippen molar-refractivity contribution in [2.24, 2.45) is 5.92 Å². The number of nitrogens with zero attached hydrogens (tertiary/aromatic N) is 1. The highest BCUT2D eigenvalue weighted by Gasteiger charge is 2.31. The fourth-order valence-corrected chi connectivity index (χ4v) is 2.05. The highest BCUT2D eigenvalue weighted by Crippen LogP contribution is 2.12. The maximum absolute atomic E-state index is 12.0. The lowest BCUT2D eigenvalue weighted by Crippen LogP contribution is -2.56. The molecule has 0 radical (unpaired) electrons. The van der Waals surface area contributed by atoms with Crippen molar-refractivity contribution < 1.29 is 24.5 Å². The number of aliphatic hydroxyl groups excluding tert-OH is 1. The molecule has 0 spiro atoms. The molecule has 3 atom stereocenters. The number of carboxylic acid groups (broad SMARTS) is 1. The minimum absolute atomic E-state index is 0.166. The molecule has 0 aromatic carbocycles. The van der Waals surface area contributed by atoms with Crippen molar-refractivity contribution in [1.29, 1.82) is 0 Å². The van der Waals surface area contributed by atoms with Crippen molar-refractivity contribution in [2.75, 3.05) is 19.7 Å². The third-order valence-electron chi connectivity index (χ3n) is 3.03. The SMILES string of the molecule is CC1CN(C(=O)NC(C(=O)O)C(C)C)CC(CO)O1. The number of carboxylic acids is 1. The van der Waals surface area contributed by atoms with Gasteiger partial charge in [0.15, 0.2) is 0 Å². The topological polar surface area (TPSA) is 99.1 Å². The van der Waals surface area contributed by atoms with Crippen molar-refractivity contribution in [3.05, 3.63) is 0 Å². The molecule has 1 heterocycles. The van der Waals surface area contributed by atoms with Crippen molar-refractivity contribution in [1.82, 2.24) is 10.2 Å². The van der Waals surface area contributed by atoms with Gasteiger partial charge in [0.05, 0.1) is 25.4 Å². The molecule has 0 bridgehead atoms. The summed E-state index contributed by atoms with van der Waals surface area (Å²) in [6.45, 7) is 5.75. The lowest BCUT2D eigenvalue weighted by atomic mass is 10.1. The maximum Gasteiger partial charge on any atom is 0.326 e. The zero-order chi connectivity index (χ0) is 14.6. The first-order chi connectivity index (χ1) is 8.85. The van der Waals surface area contributed by atoms with Crippen LogP contribution in [0.2, 0.25) is 0 Å². The van der Waals surface area contributed by atoms with Crippen LogP contribution in [0.5, 0.6) is 0 Å². The molecular weight excluding hydrogens is 252 g/mol. The van der Waals surface area contributed by atoms with Crippen molar-refractivity contribution >= 4 is 12.0 Å². The van der Waals surface area contributed by atoms with E-state index in [1.165, 1.54) is 4.90 Å². The summed E-state index contributed by atoms with van der Waals surface area (Å²) in [5, 5.41) is 20.6. The van der Waals surface area contributed by atoms with E-state index in [0.29, 0.717) is 6.54 Å². The molecule has 0 saturated carbocycles. The van der Waals surface area contributed by atoms with Gasteiger partial charge in [-0.15, -0.1) is 0 Å². The minimum atomic E-state index is -1.05. The minimum Gasteiger partial charge on any atom is -0.480 e. The Labute approximate surface area is 112 Å². The lowest BCUT2D eigenvalue weighted by molar-refractivity contribution is -0.140. The van der Waals surface area contributed by atoms with Crippen LogP contribution in [0, 0.1) is 5.92 Å². The van der Waals surface area contributed by atoms with E-state index in [1.54, 1.807) is 20.8 Å². The summed E-state index contributed by atoms with van der Waals surface area (Å²) in [6, 6.07) is -1.35. The molecule has 0 aromatic rings. The monoisotopic (exact) mass is 274 g/mol. The number of hydrogen-bond acceptors (Lipinski definition) is 4. The fraction of sp³-hybridized carbons (Fsp3) is 0.833. The second-order valence-electron chi connectivity index (χ2n) is 5.17. The number of nitrogens with one attached hydrogen (secondary N) is 1. The van der Waals surface area contributed by atoms with Gasteiger partial charge in [-0.05, 0) is 12.8 Å². The third-order valence-corrected chi connectivity index (χ3v) is 3.03. The van der Waals surface area contributed by atoms with Crippen LogP contribution >= 0.6 is 0 Å². The summed E-state index contributed by atoms with van der Waals surface area (Å²) in [5.74, 6) is -1.25. The lowest BCUT2D eigenvalue weighted by Gasteiger charge is -2.36. The second-order valence-corrected chi connectivity index (χ2v) is 5.17. The van der Waals surface area contributed by atoms with Gasteiger partial charge in [0.1, 0.15) is 6.04 Å². The molecule has 1 fully saturated rings. The quantitative estimate of drug-likeness (QED) is 0.664. The zero-order valence-corrected chi connectivity index (χ0v) is 11.5. The Kier molecular flexibility index (Phi) is 5.56. The molecule has 7 nitrogen and oxygen atoms in total. The smallest absolute Gasteiger partial charge is 0.326 e. The number of urea groups is 1. The first-order valence-corrected chi connectivity index (χ1v) is 6.39. The molecule has 19 heavy (non-hydrogen) atoms. The van der Waals surface area contributed by atoms with Crippen molar-refractivity contribution in [3.8, 4) is 0 Å². The number of ether oxygens (including phenoxy) is 1. The number of carbonyl (C=O) groups is 2. The number of hydrogen-bond donors (Lipinski definition) is 3. The maximum atomic E-state index is 12.0. The Hall–Kier alpha value is -1.34. The normalized spacial score (nSPS) is 25.2. The first kappa shape index (κ1) is 15.7. The molecule has 1 aliphatic rings. The van der Waals surface area contributed by atoms with Crippen LogP contribution in [0.15, 0.2) is 0 Å². The van der Waals surface area contributed by atoms with Gasteiger partial charge in [-0.2, -0.15) is 0 Å². The van der Waals surface area contributed by atoms with Gasteiger partial charge in [-0.3, -0.25) is 0 Å². The van der Waals surface area contributed by atoms with Crippen LogP contribution in [0.1, 0.15) is 20.8 Å². The van der Waals surface area contributed by atoms with Gasteiger partial charge in [-0.1, -0.05) is 13.8 Å². The highest BCUT2D eigenvalue weighted by atomic mass is 16.5. The van der Waals surface area contributed by atoms with Crippen LogP contribution in [0.25, 0.3) is 0 Å². The average Bonchev–Trinajstić information content (AvgIpc) is 2.33. The molecule has 3 N–H and O–H groups in total. The fourth-order valence-electron chi connectivity index (χ4n) is 2.05. The van der Waals surface area contributed by atoms with E-state index in [9.17, 15) is 9.59 Å². The number of aliphatic carboxylic acids is 1. The van der Waals surface area contributed by atoms with E-state index in [1.807, 2.05) is 0 Å². The van der Waals surface area contributed by atoms with Crippen LogP contribution < -0.4 is 5.32 Å². The van der Waals surface area contributed by atoms with Gasteiger partial charge >= 0.3 is 12.0 Å². The van der Waals surface area contributed by atoms with E-state index in [2.05, 4.69) is 5.32 Å². The Morgan fingerprint density at radius 3 is 2.53 bits per heavy atom. The molecule has 0 aliphatic carbocycles. The number of morpholine rings is 1. The Bertz CT molecular complexity index is 334. The molecule has 1 rings (SSSR count). The van der Waals surface area contributed by atoms with Crippen molar-refractivity contribution in [2.45, 2.75) is 39.0 Å². The third kappa shape index (κ3) is 4.36. The highest BCUT2D eigenvalue weighted by molar-refractivity contribution is 5.82. The summed E-state index contributed by atoms with van der Waals surface area (Å²) < 4.78 is 5.43. The molecule has 3 unspecified atom stereocenters. The van der Waals surface area contributed by atoms with Crippen molar-refractivity contribution in [3.63, 3.8) is 0 Å². The van der Waals surface area contributed by atoms with Gasteiger partial charge < -0.3 is 25.2 Å². The predicted octanol–water partition coefficient (Wildman–Crippen LogP) is -0.113. The van der Waals surface area contributed by atoms with E-state index < -0.39 is 24.1 Å². The number of carbonyl (C=O) groups excluding carboxylic acids is 1. The van der Waals surface area contributed by atoms with E-state index in [4.69, 9.17) is 14.9 Å². The van der Waals surface area contributed by atoms with Crippen LogP contribution in [0.3, 0.4) is 0 Å². The van der Waals surface area contributed by atoms with Gasteiger partial charge in [0.2, 0.25) is 0 Å². The van der Waals surface area contributed by atoms with E-state index in [0.717, 1.165) is 0 Å². The first-order valence-electron chi connectivity index (χ1n) is 6.39. The van der Waals surface area contributed by atoms with Crippen LogP contribution in [-0.4, -0.2) is 65.1 Å². The van der Waals surface area contributed by atoms with Crippen LogP contribution in [-0.2, 0) is 9.53 Å². The van der Waals surface area contributed by atoms with Gasteiger partial charge in [-0.25, -0.2) is 9.59 Å². The Morgan fingerprint density at radius 2 is 2.05 bits per heavy atom. The number of aliphatic hydroxyl groups is 1.